The highest BCUT2D eigenvalue weighted by molar-refractivity contribution is 6.42. The number of hydrogen-bond acceptors (Lipinski definition) is 5. The van der Waals surface area contributed by atoms with Crippen molar-refractivity contribution in [2.45, 2.75) is 18.6 Å². The molecule has 27 heavy (non-hydrogen) atoms. The molecule has 1 fully saturated rings. The van der Waals surface area contributed by atoms with E-state index in [2.05, 4.69) is 4.98 Å². The first-order chi connectivity index (χ1) is 13.0. The van der Waals surface area contributed by atoms with E-state index < -0.39 is 12.1 Å². The molecule has 1 aromatic carbocycles. The fourth-order valence-electron chi connectivity index (χ4n) is 3.13. The number of morpholine rings is 1. The van der Waals surface area contributed by atoms with Gasteiger partial charge in [0.15, 0.2) is 0 Å². The predicted octanol–water partition coefficient (Wildman–Crippen LogP) is 2.90. The molecule has 1 N–H and O–H groups in total. The SMILES string of the molecule is COc1ccncc1C(O)[C@H]1COCCN1C(=O)Cc1ccc(Cl)c(Cl)c1. The van der Waals surface area contributed by atoms with Crippen LogP contribution in [0.1, 0.15) is 17.2 Å². The van der Waals surface area contributed by atoms with Crippen LogP contribution in [0.25, 0.3) is 0 Å². The molecule has 1 aromatic heterocycles. The number of benzene rings is 1. The van der Waals surface area contributed by atoms with Gasteiger partial charge in [-0.25, -0.2) is 0 Å². The van der Waals surface area contributed by atoms with Crippen LogP contribution in [-0.2, 0) is 16.0 Å². The van der Waals surface area contributed by atoms with Gasteiger partial charge in [0.1, 0.15) is 11.9 Å². The molecule has 2 atom stereocenters. The number of methoxy groups -OCH3 is 1. The third-order valence-corrected chi connectivity index (χ3v) is 5.28. The monoisotopic (exact) mass is 410 g/mol. The van der Waals surface area contributed by atoms with Gasteiger partial charge < -0.3 is 19.5 Å². The van der Waals surface area contributed by atoms with Crippen LogP contribution < -0.4 is 4.74 Å². The van der Waals surface area contributed by atoms with Crippen LogP contribution in [-0.4, -0.2) is 53.8 Å². The fourth-order valence-corrected chi connectivity index (χ4v) is 3.45. The average molecular weight is 411 g/mol. The minimum atomic E-state index is -0.980. The van der Waals surface area contributed by atoms with Crippen molar-refractivity contribution in [1.29, 1.82) is 0 Å². The van der Waals surface area contributed by atoms with Crippen molar-refractivity contribution in [2.24, 2.45) is 0 Å². The molecule has 1 aliphatic rings. The molecule has 0 saturated carbocycles. The number of rotatable bonds is 5. The first-order valence-electron chi connectivity index (χ1n) is 8.48. The lowest BCUT2D eigenvalue weighted by molar-refractivity contribution is -0.144. The van der Waals surface area contributed by atoms with E-state index in [1.54, 1.807) is 41.6 Å². The van der Waals surface area contributed by atoms with Crippen molar-refractivity contribution in [2.75, 3.05) is 26.9 Å². The van der Waals surface area contributed by atoms with Crippen molar-refractivity contribution in [3.05, 3.63) is 57.8 Å². The number of ether oxygens (including phenoxy) is 2. The molecule has 3 rings (SSSR count). The van der Waals surface area contributed by atoms with Gasteiger partial charge in [-0.15, -0.1) is 0 Å². The molecule has 8 heteroatoms. The Hall–Kier alpha value is -1.86. The minimum Gasteiger partial charge on any atom is -0.496 e. The van der Waals surface area contributed by atoms with Crippen LogP contribution in [0.2, 0.25) is 10.0 Å². The summed E-state index contributed by atoms with van der Waals surface area (Å²) in [6.07, 6.45) is 2.30. The predicted molar refractivity (Wildman–Crippen MR) is 102 cm³/mol. The molecule has 2 heterocycles. The molecule has 1 unspecified atom stereocenters. The summed E-state index contributed by atoms with van der Waals surface area (Å²) in [7, 11) is 1.52. The zero-order valence-electron chi connectivity index (χ0n) is 14.8. The van der Waals surface area contributed by atoms with Gasteiger partial charge >= 0.3 is 0 Å². The minimum absolute atomic E-state index is 0.122. The van der Waals surface area contributed by atoms with Gasteiger partial charge in [-0.1, -0.05) is 29.3 Å². The van der Waals surface area contributed by atoms with E-state index in [0.717, 1.165) is 5.56 Å². The lowest BCUT2D eigenvalue weighted by atomic mass is 10.00. The maximum atomic E-state index is 12.9. The molecule has 0 bridgehead atoms. The number of aliphatic hydroxyl groups excluding tert-OH is 1. The summed E-state index contributed by atoms with van der Waals surface area (Å²) < 4.78 is 10.8. The number of hydrogen-bond donors (Lipinski definition) is 1. The molecule has 0 spiro atoms. The van der Waals surface area contributed by atoms with Crippen molar-refractivity contribution < 1.29 is 19.4 Å². The van der Waals surface area contributed by atoms with Gasteiger partial charge in [0.2, 0.25) is 5.91 Å². The zero-order chi connectivity index (χ0) is 19.4. The summed E-state index contributed by atoms with van der Waals surface area (Å²) in [5, 5.41) is 11.7. The van der Waals surface area contributed by atoms with Gasteiger partial charge in [-0.05, 0) is 23.8 Å². The van der Waals surface area contributed by atoms with Crippen molar-refractivity contribution in [3.8, 4) is 5.75 Å². The average Bonchev–Trinajstić information content (AvgIpc) is 2.70. The summed E-state index contributed by atoms with van der Waals surface area (Å²) in [4.78, 5) is 18.6. The van der Waals surface area contributed by atoms with Crippen LogP contribution in [0, 0.1) is 0 Å². The van der Waals surface area contributed by atoms with Crippen molar-refractivity contribution in [1.82, 2.24) is 9.88 Å². The summed E-state index contributed by atoms with van der Waals surface area (Å²) in [5.41, 5.74) is 1.27. The Morgan fingerprint density at radius 2 is 2.22 bits per heavy atom. The number of amides is 1. The number of carbonyl (C=O) groups is 1. The summed E-state index contributed by atoms with van der Waals surface area (Å²) in [5.74, 6) is 0.392. The van der Waals surface area contributed by atoms with E-state index in [0.29, 0.717) is 34.5 Å². The third kappa shape index (κ3) is 4.52. The van der Waals surface area contributed by atoms with Crippen molar-refractivity contribution >= 4 is 29.1 Å². The first-order valence-corrected chi connectivity index (χ1v) is 9.24. The van der Waals surface area contributed by atoms with Crippen LogP contribution in [0.4, 0.5) is 0 Å². The zero-order valence-corrected chi connectivity index (χ0v) is 16.3. The van der Waals surface area contributed by atoms with E-state index in [1.807, 2.05) is 0 Å². The van der Waals surface area contributed by atoms with Gasteiger partial charge in [0.05, 0.1) is 42.8 Å². The number of carbonyl (C=O) groups excluding carboxylic acids is 1. The van der Waals surface area contributed by atoms with E-state index in [9.17, 15) is 9.90 Å². The molecule has 0 aliphatic carbocycles. The molecular formula is C19H20Cl2N2O4. The Labute approximate surface area is 167 Å². The van der Waals surface area contributed by atoms with Crippen LogP contribution in [0.5, 0.6) is 5.75 Å². The van der Waals surface area contributed by atoms with Gasteiger partial charge in [0, 0.05) is 24.5 Å². The Morgan fingerprint density at radius 1 is 1.41 bits per heavy atom. The fraction of sp³-hybridized carbons (Fsp3) is 0.368. The van der Waals surface area contributed by atoms with Gasteiger partial charge in [-0.2, -0.15) is 0 Å². The van der Waals surface area contributed by atoms with E-state index in [4.69, 9.17) is 32.7 Å². The summed E-state index contributed by atoms with van der Waals surface area (Å²) in [6.45, 7) is 1.04. The molecular weight excluding hydrogens is 391 g/mol. The Bertz CT molecular complexity index is 818. The van der Waals surface area contributed by atoms with Gasteiger partial charge in [0.25, 0.3) is 0 Å². The molecule has 144 valence electrons. The van der Waals surface area contributed by atoms with Crippen LogP contribution in [0.15, 0.2) is 36.7 Å². The van der Waals surface area contributed by atoms with Gasteiger partial charge in [-0.3, -0.25) is 9.78 Å². The highest BCUT2D eigenvalue weighted by atomic mass is 35.5. The third-order valence-electron chi connectivity index (χ3n) is 4.54. The molecule has 6 nitrogen and oxygen atoms in total. The molecule has 0 radical (unpaired) electrons. The van der Waals surface area contributed by atoms with E-state index in [1.165, 1.54) is 7.11 Å². The summed E-state index contributed by atoms with van der Waals surface area (Å²) >= 11 is 12.0. The molecule has 1 saturated heterocycles. The standard InChI is InChI=1S/C19H20Cl2N2O4/c1-26-17-4-5-22-10-13(17)19(25)16-11-27-7-6-23(16)18(24)9-12-2-3-14(20)15(21)8-12/h2-5,8,10,16,19,25H,6-7,9,11H2,1H3/t16-,19?/m1/s1. The highest BCUT2D eigenvalue weighted by Gasteiger charge is 2.34. The van der Waals surface area contributed by atoms with Crippen LogP contribution in [0.3, 0.4) is 0 Å². The number of aliphatic hydroxyl groups is 1. The largest absolute Gasteiger partial charge is 0.496 e. The lowest BCUT2D eigenvalue weighted by Crippen LogP contribution is -2.52. The number of nitrogens with zero attached hydrogens (tertiary/aromatic N) is 2. The molecule has 1 aliphatic heterocycles. The number of aromatic nitrogens is 1. The Morgan fingerprint density at radius 3 is 2.96 bits per heavy atom. The van der Waals surface area contributed by atoms with E-state index in [-0.39, 0.29) is 18.9 Å². The number of halogens is 2. The van der Waals surface area contributed by atoms with Crippen LogP contribution >= 0.6 is 23.2 Å². The Kier molecular flexibility index (Phi) is 6.55. The smallest absolute Gasteiger partial charge is 0.227 e. The summed E-state index contributed by atoms with van der Waals surface area (Å²) in [6, 6.07) is 6.25. The van der Waals surface area contributed by atoms with E-state index >= 15 is 0 Å². The second-order valence-corrected chi connectivity index (χ2v) is 7.03. The molecule has 2 aromatic rings. The second-order valence-electron chi connectivity index (χ2n) is 6.22. The maximum absolute atomic E-state index is 12.9. The Balaban J connectivity index is 1.80. The number of pyridine rings is 1. The topological polar surface area (TPSA) is 71.9 Å². The quantitative estimate of drug-likeness (QED) is 0.820. The lowest BCUT2D eigenvalue weighted by Gasteiger charge is -2.38. The second kappa shape index (κ2) is 8.89. The molecule has 1 amide bonds. The first kappa shape index (κ1) is 19.9. The highest BCUT2D eigenvalue weighted by Crippen LogP contribution is 2.30. The van der Waals surface area contributed by atoms with Crippen molar-refractivity contribution in [3.63, 3.8) is 0 Å². The normalized spacial score (nSPS) is 18.2. The maximum Gasteiger partial charge on any atom is 0.227 e.